The molecule has 0 heterocycles. The van der Waals surface area contributed by atoms with Crippen LogP contribution in [0.25, 0.3) is 0 Å². The monoisotopic (exact) mass is 287 g/mol. The number of rotatable bonds is 4. The number of hydrogen-bond acceptors (Lipinski definition) is 1. The molecule has 0 aliphatic heterocycles. The fourth-order valence-electron chi connectivity index (χ4n) is 4.29. The van der Waals surface area contributed by atoms with Crippen LogP contribution in [-0.4, -0.2) is 29.4 Å². The van der Waals surface area contributed by atoms with Crippen LogP contribution in [0, 0.1) is 11.3 Å². The second-order valence-electron chi connectivity index (χ2n) is 7.99. The molecule has 0 saturated heterocycles. The molecule has 0 bridgehead atoms. The molecule has 1 nitrogen and oxygen atoms in total. The zero-order chi connectivity index (χ0) is 13.4. The largest absolute Gasteiger partial charge is 0.199 e. The molecule has 5 heteroatoms. The van der Waals surface area contributed by atoms with Gasteiger partial charge < -0.3 is 0 Å². The summed E-state index contributed by atoms with van der Waals surface area (Å²) in [5, 5.41) is 9.34. The molecule has 0 fully saturated rings. The second-order valence-corrected chi connectivity index (χ2v) is 49.3. The van der Waals surface area contributed by atoms with E-state index in [9.17, 15) is 5.26 Å². The van der Waals surface area contributed by atoms with Gasteiger partial charge in [0, 0.05) is 28.8 Å². The molecule has 0 amide bonds. The first kappa shape index (κ1) is 16.4. The summed E-state index contributed by atoms with van der Waals surface area (Å²) in [6, 6.07) is 3.53. The van der Waals surface area contributed by atoms with Crippen LogP contribution in [0.2, 0.25) is 65.0 Å². The minimum atomic E-state index is -1.34. The van der Waals surface area contributed by atoms with E-state index in [-0.39, 0.29) is 0 Å². The summed E-state index contributed by atoms with van der Waals surface area (Å²) >= 11 is 0. The van der Waals surface area contributed by atoms with Gasteiger partial charge in [-0.15, -0.1) is 0 Å². The molecule has 0 spiro atoms. The fraction of sp³-hybridized carbons (Fsp3) is 0.909. The summed E-state index contributed by atoms with van der Waals surface area (Å²) in [7, 11) is -3.57. The van der Waals surface area contributed by atoms with Crippen LogP contribution in [0.5, 0.6) is 0 Å². The van der Waals surface area contributed by atoms with E-state index in [0.717, 1.165) is 6.04 Å². The van der Waals surface area contributed by atoms with Crippen molar-refractivity contribution in [3.63, 3.8) is 0 Å². The van der Waals surface area contributed by atoms with Gasteiger partial charge in [0.1, 0.15) is 0 Å². The summed E-state index contributed by atoms with van der Waals surface area (Å²) in [4.78, 5) is 0. The van der Waals surface area contributed by atoms with E-state index in [1.54, 1.807) is 0 Å². The predicted molar refractivity (Wildman–Crippen MR) is 86.2 cm³/mol. The third-order valence-corrected chi connectivity index (χ3v) is 77.7. The summed E-state index contributed by atoms with van der Waals surface area (Å²) in [5.41, 5.74) is 0. The Kier molecular flexibility index (Phi) is 4.66. The smallest absolute Gasteiger partial charge is 0.0582 e. The molecule has 94 valence electrons. The molecule has 0 rings (SSSR count). The van der Waals surface area contributed by atoms with Gasteiger partial charge in [0.05, 0.1) is 12.7 Å². The Balaban J connectivity index is 5.95. The van der Waals surface area contributed by atoms with E-state index in [2.05, 4.69) is 65.0 Å². The molecule has 0 saturated carbocycles. The third kappa shape index (κ3) is 2.61. The predicted octanol–water partition coefficient (Wildman–Crippen LogP) is 4.21. The maximum atomic E-state index is 9.34. The SMILES string of the molecule is C[Si](C)(C)[Si](CC#N)([Si](C)(C)C)[Si](C)(C)C. The lowest BCUT2D eigenvalue weighted by molar-refractivity contribution is 1.46. The van der Waals surface area contributed by atoms with E-state index in [0.29, 0.717) is 0 Å². The van der Waals surface area contributed by atoms with Crippen molar-refractivity contribution in [2.45, 2.75) is 65.0 Å². The average Bonchev–Trinajstić information content (AvgIpc) is 1.91. The molecule has 0 atom stereocenters. The van der Waals surface area contributed by atoms with Gasteiger partial charge in [-0.2, -0.15) is 5.26 Å². The van der Waals surface area contributed by atoms with E-state index >= 15 is 0 Å². The third-order valence-electron chi connectivity index (χ3n) is 4.19. The molecule has 0 radical (unpaired) electrons. The molecule has 0 aromatic heterocycles. The minimum Gasteiger partial charge on any atom is -0.199 e. The Bertz CT molecular complexity index is 249. The Labute approximate surface area is 106 Å². The number of nitrogens with zero attached hydrogens (tertiary/aromatic N) is 1. The van der Waals surface area contributed by atoms with Crippen molar-refractivity contribution < 1.29 is 0 Å². The summed E-state index contributed by atoms with van der Waals surface area (Å²) in [5.74, 6) is 0. The van der Waals surface area contributed by atoms with E-state index < -0.39 is 29.4 Å². The maximum absolute atomic E-state index is 9.34. The highest BCUT2D eigenvalue weighted by Crippen LogP contribution is 2.39. The van der Waals surface area contributed by atoms with Crippen molar-refractivity contribution >= 4 is 29.4 Å². The molecule has 0 aromatic rings. The van der Waals surface area contributed by atoms with Crippen molar-refractivity contribution in [3.05, 3.63) is 0 Å². The zero-order valence-corrected chi connectivity index (χ0v) is 16.7. The van der Waals surface area contributed by atoms with Crippen molar-refractivity contribution in [1.82, 2.24) is 0 Å². The summed E-state index contributed by atoms with van der Waals surface area (Å²) < 4.78 is 0. The number of nitriles is 1. The van der Waals surface area contributed by atoms with Gasteiger partial charge in [-0.05, 0) is 0 Å². The van der Waals surface area contributed by atoms with Gasteiger partial charge >= 0.3 is 0 Å². The molecular weight excluding hydrogens is 258 g/mol. The Hall–Kier alpha value is 0.358. The van der Waals surface area contributed by atoms with Crippen molar-refractivity contribution in [3.8, 4) is 6.07 Å². The molecule has 16 heavy (non-hydrogen) atoms. The van der Waals surface area contributed by atoms with Gasteiger partial charge in [0.15, 0.2) is 0 Å². The zero-order valence-electron chi connectivity index (χ0n) is 12.7. The molecule has 0 aliphatic carbocycles. The molecule has 0 N–H and O–H groups in total. The van der Waals surface area contributed by atoms with Crippen LogP contribution < -0.4 is 0 Å². The lowest BCUT2D eigenvalue weighted by atomic mass is 10.9. The summed E-state index contributed by atoms with van der Waals surface area (Å²) in [6.45, 7) is 21.5. The van der Waals surface area contributed by atoms with Crippen LogP contribution in [-0.2, 0) is 0 Å². The van der Waals surface area contributed by atoms with Crippen LogP contribution in [0.15, 0.2) is 0 Å². The Morgan fingerprint density at radius 2 is 0.938 bits per heavy atom. The van der Waals surface area contributed by atoms with Gasteiger partial charge in [0.2, 0.25) is 0 Å². The van der Waals surface area contributed by atoms with Gasteiger partial charge in [0.25, 0.3) is 0 Å². The first-order valence-corrected chi connectivity index (χ1v) is 21.9. The van der Waals surface area contributed by atoms with Gasteiger partial charge in [-0.3, -0.25) is 0 Å². The quantitative estimate of drug-likeness (QED) is 0.711. The number of hydrogen-bond donors (Lipinski definition) is 0. The highest BCUT2D eigenvalue weighted by Gasteiger charge is 2.61. The summed E-state index contributed by atoms with van der Waals surface area (Å²) in [6.07, 6.45) is 0. The normalized spacial score (nSPS) is 14.8. The highest BCUT2D eigenvalue weighted by molar-refractivity contribution is 7.89. The maximum Gasteiger partial charge on any atom is 0.0582 e. The Morgan fingerprint density at radius 3 is 1.00 bits per heavy atom. The van der Waals surface area contributed by atoms with Crippen molar-refractivity contribution in [2.24, 2.45) is 0 Å². The first-order valence-electron chi connectivity index (χ1n) is 6.18. The molecular formula is C11H29NSi4. The van der Waals surface area contributed by atoms with Crippen LogP contribution in [0.3, 0.4) is 0 Å². The lowest BCUT2D eigenvalue weighted by Gasteiger charge is -2.56. The molecule has 0 unspecified atom stereocenters. The van der Waals surface area contributed by atoms with Crippen LogP contribution in [0.4, 0.5) is 0 Å². The first-order chi connectivity index (χ1) is 6.81. The molecule has 0 aromatic carbocycles. The second kappa shape index (κ2) is 4.56. The average molecular weight is 288 g/mol. The van der Waals surface area contributed by atoms with Crippen LogP contribution >= 0.6 is 0 Å². The standard InChI is InChI=1S/C11H29NSi4/c1-13(2,3)16(11-10-12,14(4,5)6)15(7,8)9/h11H2,1-9H3. The van der Waals surface area contributed by atoms with Crippen molar-refractivity contribution in [2.75, 3.05) is 0 Å². The van der Waals surface area contributed by atoms with E-state index in [1.807, 2.05) is 0 Å². The Morgan fingerprint density at radius 1 is 0.688 bits per heavy atom. The van der Waals surface area contributed by atoms with E-state index in [4.69, 9.17) is 0 Å². The minimum absolute atomic E-state index is 0.939. The van der Waals surface area contributed by atoms with E-state index in [1.165, 1.54) is 0 Å². The fourth-order valence-corrected chi connectivity index (χ4v) is 99.4. The molecule has 0 aliphatic rings. The van der Waals surface area contributed by atoms with Gasteiger partial charge in [-0.1, -0.05) is 58.9 Å². The topological polar surface area (TPSA) is 23.8 Å². The lowest BCUT2D eigenvalue weighted by Crippen LogP contribution is -2.82. The van der Waals surface area contributed by atoms with Gasteiger partial charge in [-0.25, -0.2) is 0 Å². The van der Waals surface area contributed by atoms with Crippen LogP contribution in [0.1, 0.15) is 0 Å². The van der Waals surface area contributed by atoms with Crippen molar-refractivity contribution in [1.29, 1.82) is 5.26 Å². The highest BCUT2D eigenvalue weighted by atomic mass is 29.9.